The summed E-state index contributed by atoms with van der Waals surface area (Å²) in [4.78, 5) is 15.1. The summed E-state index contributed by atoms with van der Waals surface area (Å²) < 4.78 is 0. The van der Waals surface area contributed by atoms with Crippen molar-refractivity contribution in [3.05, 3.63) is 70.7 Å². The van der Waals surface area contributed by atoms with Crippen LogP contribution in [-0.4, -0.2) is 28.9 Å². The van der Waals surface area contributed by atoms with Crippen LogP contribution in [-0.2, 0) is 6.54 Å². The van der Waals surface area contributed by atoms with Crippen molar-refractivity contribution in [3.8, 4) is 0 Å². The van der Waals surface area contributed by atoms with Gasteiger partial charge in [-0.15, -0.1) is 0 Å². The Bertz CT molecular complexity index is 717. The van der Waals surface area contributed by atoms with E-state index in [0.29, 0.717) is 22.7 Å². The minimum absolute atomic E-state index is 0.0116. The number of nitrogens with one attached hydrogen (secondary N) is 1. The van der Waals surface area contributed by atoms with E-state index in [-0.39, 0.29) is 11.9 Å². The molecule has 0 unspecified atom stereocenters. The Labute approximate surface area is 154 Å². The number of nitrogens with zero attached hydrogens (tertiary/aromatic N) is 1. The second-order valence-electron chi connectivity index (χ2n) is 7.19. The van der Waals surface area contributed by atoms with Gasteiger partial charge in [0.15, 0.2) is 0 Å². The molecule has 0 aliphatic carbocycles. The highest BCUT2D eigenvalue weighted by Crippen LogP contribution is 2.36. The molecule has 0 aromatic heterocycles. The fourth-order valence-electron chi connectivity index (χ4n) is 4.31. The van der Waals surface area contributed by atoms with E-state index in [4.69, 9.17) is 11.6 Å². The molecule has 130 valence electrons. The van der Waals surface area contributed by atoms with Crippen molar-refractivity contribution in [1.82, 2.24) is 10.2 Å². The molecule has 2 bridgehead atoms. The smallest absolute Gasteiger partial charge is 0.251 e. The number of piperidine rings is 1. The SMILES string of the molecule is O=C(NC1C[C@H]2CC[C@H](C1)N2Cc1ccccc1)c1ccc(Cl)cc1. The lowest BCUT2D eigenvalue weighted by Gasteiger charge is -2.39. The first-order valence-electron chi connectivity index (χ1n) is 9.05. The van der Waals surface area contributed by atoms with Crippen molar-refractivity contribution in [2.24, 2.45) is 0 Å². The summed E-state index contributed by atoms with van der Waals surface area (Å²) in [6.07, 6.45) is 4.57. The monoisotopic (exact) mass is 354 g/mol. The number of carbonyl (C=O) groups excluding carboxylic acids is 1. The first-order valence-corrected chi connectivity index (χ1v) is 9.43. The predicted octanol–water partition coefficient (Wildman–Crippen LogP) is 4.27. The van der Waals surface area contributed by atoms with Crippen molar-refractivity contribution in [2.75, 3.05) is 0 Å². The maximum atomic E-state index is 12.5. The summed E-state index contributed by atoms with van der Waals surface area (Å²) in [6.45, 7) is 1.02. The van der Waals surface area contributed by atoms with Gasteiger partial charge in [-0.3, -0.25) is 9.69 Å². The van der Waals surface area contributed by atoms with Gasteiger partial charge in [-0.1, -0.05) is 41.9 Å². The molecule has 2 heterocycles. The number of carbonyl (C=O) groups is 1. The highest BCUT2D eigenvalue weighted by molar-refractivity contribution is 6.30. The van der Waals surface area contributed by atoms with Crippen LogP contribution in [0.1, 0.15) is 41.6 Å². The number of rotatable bonds is 4. The summed E-state index contributed by atoms with van der Waals surface area (Å²) in [5.74, 6) is 0.0116. The molecule has 0 saturated carbocycles. The average molecular weight is 355 g/mol. The molecule has 0 spiro atoms. The van der Waals surface area contributed by atoms with Crippen LogP contribution in [0.2, 0.25) is 5.02 Å². The van der Waals surface area contributed by atoms with Crippen LogP contribution in [0.15, 0.2) is 54.6 Å². The molecule has 2 aromatic carbocycles. The van der Waals surface area contributed by atoms with Gasteiger partial charge in [-0.05, 0) is 55.5 Å². The molecule has 2 aliphatic rings. The Morgan fingerprint density at radius 3 is 2.28 bits per heavy atom. The quantitative estimate of drug-likeness (QED) is 0.889. The predicted molar refractivity (Wildman–Crippen MR) is 101 cm³/mol. The Kier molecular flexibility index (Phi) is 4.78. The zero-order valence-corrected chi connectivity index (χ0v) is 15.0. The lowest BCUT2D eigenvalue weighted by atomic mass is 9.96. The molecule has 3 nitrogen and oxygen atoms in total. The number of hydrogen-bond acceptors (Lipinski definition) is 2. The van der Waals surface area contributed by atoms with E-state index in [2.05, 4.69) is 40.5 Å². The molecule has 2 aliphatic heterocycles. The number of halogens is 1. The Hall–Kier alpha value is -1.84. The summed E-state index contributed by atoms with van der Waals surface area (Å²) in [5.41, 5.74) is 2.06. The van der Waals surface area contributed by atoms with Crippen molar-refractivity contribution >= 4 is 17.5 Å². The van der Waals surface area contributed by atoms with Crippen LogP contribution in [0, 0.1) is 0 Å². The van der Waals surface area contributed by atoms with E-state index in [0.717, 1.165) is 19.4 Å². The third-order valence-corrected chi connectivity index (χ3v) is 5.79. The summed E-state index contributed by atoms with van der Waals surface area (Å²) >= 11 is 5.90. The fraction of sp³-hybridized carbons (Fsp3) is 0.381. The maximum Gasteiger partial charge on any atom is 0.251 e. The van der Waals surface area contributed by atoms with E-state index in [1.165, 1.54) is 18.4 Å². The molecule has 1 N–H and O–H groups in total. The van der Waals surface area contributed by atoms with Gasteiger partial charge >= 0.3 is 0 Å². The lowest BCUT2D eigenvalue weighted by Crippen LogP contribution is -2.49. The highest BCUT2D eigenvalue weighted by atomic mass is 35.5. The molecular weight excluding hydrogens is 332 g/mol. The summed E-state index contributed by atoms with van der Waals surface area (Å²) in [7, 11) is 0. The number of fused-ring (bicyclic) bond motifs is 2. The van der Waals surface area contributed by atoms with E-state index < -0.39 is 0 Å². The second-order valence-corrected chi connectivity index (χ2v) is 7.63. The van der Waals surface area contributed by atoms with E-state index >= 15 is 0 Å². The third-order valence-electron chi connectivity index (χ3n) is 5.53. The molecule has 4 rings (SSSR count). The molecular formula is C21H23ClN2O. The normalized spacial score (nSPS) is 25.7. The standard InChI is InChI=1S/C21H23ClN2O/c22-17-8-6-16(7-9-17)21(25)23-18-12-19-10-11-20(13-18)24(19)14-15-4-2-1-3-5-15/h1-9,18-20H,10-14H2,(H,23,25)/t19-,20-/m1/s1. The second kappa shape index (κ2) is 7.19. The van der Waals surface area contributed by atoms with Crippen LogP contribution in [0.25, 0.3) is 0 Å². The lowest BCUT2D eigenvalue weighted by molar-refractivity contribution is 0.0828. The molecule has 2 atom stereocenters. The van der Waals surface area contributed by atoms with Gasteiger partial charge < -0.3 is 5.32 Å². The van der Waals surface area contributed by atoms with Gasteiger partial charge in [0, 0.05) is 35.3 Å². The Morgan fingerprint density at radius 2 is 1.64 bits per heavy atom. The minimum atomic E-state index is 0.0116. The maximum absolute atomic E-state index is 12.5. The van der Waals surface area contributed by atoms with Crippen LogP contribution < -0.4 is 5.32 Å². The van der Waals surface area contributed by atoms with Gasteiger partial charge in [0.25, 0.3) is 5.91 Å². The van der Waals surface area contributed by atoms with Gasteiger partial charge in [0.05, 0.1) is 0 Å². The van der Waals surface area contributed by atoms with Gasteiger partial charge in [0.1, 0.15) is 0 Å². The zero-order chi connectivity index (χ0) is 17.2. The fourth-order valence-corrected chi connectivity index (χ4v) is 4.44. The van der Waals surface area contributed by atoms with Crippen molar-refractivity contribution < 1.29 is 4.79 Å². The van der Waals surface area contributed by atoms with Crippen molar-refractivity contribution in [1.29, 1.82) is 0 Å². The van der Waals surface area contributed by atoms with E-state index in [9.17, 15) is 4.79 Å². The molecule has 25 heavy (non-hydrogen) atoms. The largest absolute Gasteiger partial charge is 0.349 e. The summed E-state index contributed by atoms with van der Waals surface area (Å²) in [6, 6.07) is 19.2. The van der Waals surface area contributed by atoms with Crippen LogP contribution in [0.4, 0.5) is 0 Å². The first kappa shape index (κ1) is 16.6. The first-order chi connectivity index (χ1) is 12.2. The molecule has 1 amide bonds. The minimum Gasteiger partial charge on any atom is -0.349 e. The van der Waals surface area contributed by atoms with E-state index in [1.54, 1.807) is 24.3 Å². The van der Waals surface area contributed by atoms with Gasteiger partial charge in [-0.25, -0.2) is 0 Å². The molecule has 2 aromatic rings. The van der Waals surface area contributed by atoms with Crippen LogP contribution in [0.3, 0.4) is 0 Å². The van der Waals surface area contributed by atoms with Crippen LogP contribution >= 0.6 is 11.6 Å². The Morgan fingerprint density at radius 1 is 1.00 bits per heavy atom. The third kappa shape index (κ3) is 3.73. The average Bonchev–Trinajstić information content (AvgIpc) is 2.86. The number of amides is 1. The topological polar surface area (TPSA) is 32.3 Å². The summed E-state index contributed by atoms with van der Waals surface area (Å²) in [5, 5.41) is 3.89. The molecule has 2 saturated heterocycles. The highest BCUT2D eigenvalue weighted by Gasteiger charge is 2.40. The number of benzene rings is 2. The van der Waals surface area contributed by atoms with Gasteiger partial charge in [-0.2, -0.15) is 0 Å². The van der Waals surface area contributed by atoms with Crippen molar-refractivity contribution in [2.45, 2.75) is 50.4 Å². The van der Waals surface area contributed by atoms with E-state index in [1.807, 2.05) is 0 Å². The van der Waals surface area contributed by atoms with Crippen molar-refractivity contribution in [3.63, 3.8) is 0 Å². The molecule has 2 fully saturated rings. The van der Waals surface area contributed by atoms with Crippen LogP contribution in [0.5, 0.6) is 0 Å². The molecule has 0 radical (unpaired) electrons. The number of hydrogen-bond donors (Lipinski definition) is 1. The Balaban J connectivity index is 1.38. The zero-order valence-electron chi connectivity index (χ0n) is 14.2. The molecule has 4 heteroatoms. The van der Waals surface area contributed by atoms with Gasteiger partial charge in [0.2, 0.25) is 0 Å².